The van der Waals surface area contributed by atoms with E-state index < -0.39 is 0 Å². The van der Waals surface area contributed by atoms with E-state index in [1.165, 1.54) is 64.6 Å². The van der Waals surface area contributed by atoms with Crippen LogP contribution in [0.3, 0.4) is 0 Å². The minimum atomic E-state index is 0.429. The molecule has 2 heteroatoms. The van der Waals surface area contributed by atoms with Crippen molar-refractivity contribution in [1.29, 1.82) is 0 Å². The van der Waals surface area contributed by atoms with Crippen molar-refractivity contribution in [3.8, 4) is 0 Å². The summed E-state index contributed by atoms with van der Waals surface area (Å²) in [4.78, 5) is 2.68. The molecule has 2 atom stereocenters. The van der Waals surface area contributed by atoms with Gasteiger partial charge in [0.15, 0.2) is 0 Å². The number of nitrogens with two attached hydrogens (primary N) is 1. The third-order valence-electron chi connectivity index (χ3n) is 4.72. The van der Waals surface area contributed by atoms with Gasteiger partial charge >= 0.3 is 0 Å². The molecule has 2 unspecified atom stereocenters. The predicted octanol–water partition coefficient (Wildman–Crippen LogP) is 4.04. The number of hydrogen-bond acceptors (Lipinski definition) is 2. The van der Waals surface area contributed by atoms with Crippen LogP contribution < -0.4 is 5.73 Å². The quantitative estimate of drug-likeness (QED) is 0.720. The summed E-state index contributed by atoms with van der Waals surface area (Å²) in [5.41, 5.74) is 6.88. The Labute approximate surface area is 121 Å². The molecular formula is C17H36N2. The normalized spacial score (nSPS) is 26.8. The first-order valence-electron chi connectivity index (χ1n) is 8.46. The Morgan fingerprint density at radius 2 is 1.68 bits per heavy atom. The molecule has 1 aliphatic carbocycles. The Hall–Kier alpha value is -0.0800. The van der Waals surface area contributed by atoms with Crippen molar-refractivity contribution >= 4 is 0 Å². The second-order valence-corrected chi connectivity index (χ2v) is 7.34. The third-order valence-corrected chi connectivity index (χ3v) is 4.72. The fraction of sp³-hybridized carbons (Fsp3) is 1.00. The second-order valence-electron chi connectivity index (χ2n) is 7.34. The molecule has 1 aliphatic rings. The molecule has 1 rings (SSSR count). The molecule has 0 aliphatic heterocycles. The van der Waals surface area contributed by atoms with Crippen molar-refractivity contribution in [2.45, 2.75) is 78.7 Å². The van der Waals surface area contributed by atoms with Crippen molar-refractivity contribution in [2.24, 2.45) is 17.1 Å². The molecule has 0 aromatic rings. The van der Waals surface area contributed by atoms with Crippen molar-refractivity contribution < 1.29 is 0 Å². The van der Waals surface area contributed by atoms with Crippen LogP contribution in [0, 0.1) is 11.3 Å². The Bertz CT molecular complexity index is 229. The highest BCUT2D eigenvalue weighted by molar-refractivity contribution is 4.88. The first-order chi connectivity index (χ1) is 8.98. The Kier molecular flexibility index (Phi) is 7.38. The van der Waals surface area contributed by atoms with Crippen LogP contribution >= 0.6 is 0 Å². The van der Waals surface area contributed by atoms with Gasteiger partial charge in [-0.2, -0.15) is 0 Å². The maximum atomic E-state index is 6.38. The number of rotatable bonds is 8. The summed E-state index contributed by atoms with van der Waals surface area (Å²) in [5, 5.41) is 0. The summed E-state index contributed by atoms with van der Waals surface area (Å²) in [6, 6.07) is 0.429. The van der Waals surface area contributed by atoms with E-state index in [1.54, 1.807) is 0 Å². The van der Waals surface area contributed by atoms with Crippen LogP contribution in [0.15, 0.2) is 0 Å². The zero-order chi connectivity index (χ0) is 14.3. The summed E-state index contributed by atoms with van der Waals surface area (Å²) in [5.74, 6) is 0.706. The monoisotopic (exact) mass is 268 g/mol. The first kappa shape index (κ1) is 17.0. The molecule has 0 aromatic heterocycles. The van der Waals surface area contributed by atoms with Crippen LogP contribution in [-0.4, -0.2) is 30.6 Å². The lowest BCUT2D eigenvalue weighted by atomic mass is 9.70. The molecule has 19 heavy (non-hydrogen) atoms. The summed E-state index contributed by atoms with van der Waals surface area (Å²) < 4.78 is 0. The summed E-state index contributed by atoms with van der Waals surface area (Å²) in [6.07, 6.45) is 9.07. The molecule has 0 bridgehead atoms. The maximum Gasteiger partial charge on any atom is 0.00797 e. The van der Waals surface area contributed by atoms with Gasteiger partial charge in [0, 0.05) is 12.6 Å². The molecular weight excluding hydrogens is 232 g/mol. The van der Waals surface area contributed by atoms with Gasteiger partial charge in [0.05, 0.1) is 0 Å². The topological polar surface area (TPSA) is 29.3 Å². The van der Waals surface area contributed by atoms with E-state index in [0.29, 0.717) is 17.4 Å². The highest BCUT2D eigenvalue weighted by atomic mass is 15.1. The SMILES string of the molecule is CCCCN(CCCC)CC1CC(C)(C)CCC1N. The van der Waals surface area contributed by atoms with Crippen molar-refractivity contribution in [3.05, 3.63) is 0 Å². The lowest BCUT2D eigenvalue weighted by Crippen LogP contribution is -2.45. The molecule has 0 heterocycles. The molecule has 1 fully saturated rings. The molecule has 1 saturated carbocycles. The smallest absolute Gasteiger partial charge is 0.00797 e. The highest BCUT2D eigenvalue weighted by Gasteiger charge is 2.33. The second kappa shape index (κ2) is 8.26. The minimum absolute atomic E-state index is 0.429. The molecule has 0 aromatic carbocycles. The zero-order valence-corrected chi connectivity index (χ0v) is 13.8. The molecule has 2 nitrogen and oxygen atoms in total. The van der Waals surface area contributed by atoms with Crippen LogP contribution in [0.2, 0.25) is 0 Å². The molecule has 0 spiro atoms. The van der Waals surface area contributed by atoms with Crippen LogP contribution in [-0.2, 0) is 0 Å². The lowest BCUT2D eigenvalue weighted by Gasteiger charge is -2.41. The number of unbranched alkanes of at least 4 members (excludes halogenated alkanes) is 2. The average molecular weight is 268 g/mol. The van der Waals surface area contributed by atoms with Gasteiger partial charge in [-0.3, -0.25) is 0 Å². The van der Waals surface area contributed by atoms with Gasteiger partial charge in [-0.05, 0) is 56.5 Å². The largest absolute Gasteiger partial charge is 0.327 e. The van der Waals surface area contributed by atoms with Gasteiger partial charge in [-0.1, -0.05) is 40.5 Å². The minimum Gasteiger partial charge on any atom is -0.327 e. The fourth-order valence-electron chi connectivity index (χ4n) is 3.35. The molecule has 2 N–H and O–H groups in total. The zero-order valence-electron chi connectivity index (χ0n) is 13.8. The van der Waals surface area contributed by atoms with Crippen LogP contribution in [0.5, 0.6) is 0 Å². The van der Waals surface area contributed by atoms with Gasteiger partial charge in [0.2, 0.25) is 0 Å². The lowest BCUT2D eigenvalue weighted by molar-refractivity contribution is 0.113. The van der Waals surface area contributed by atoms with E-state index in [2.05, 4.69) is 32.6 Å². The van der Waals surface area contributed by atoms with Crippen LogP contribution in [0.4, 0.5) is 0 Å². The van der Waals surface area contributed by atoms with Gasteiger partial charge in [-0.25, -0.2) is 0 Å². The number of hydrogen-bond donors (Lipinski definition) is 1. The molecule has 114 valence electrons. The van der Waals surface area contributed by atoms with E-state index in [-0.39, 0.29) is 0 Å². The highest BCUT2D eigenvalue weighted by Crippen LogP contribution is 2.38. The number of nitrogens with zero attached hydrogens (tertiary/aromatic N) is 1. The first-order valence-corrected chi connectivity index (χ1v) is 8.46. The van der Waals surface area contributed by atoms with Crippen LogP contribution in [0.1, 0.15) is 72.6 Å². The summed E-state index contributed by atoms with van der Waals surface area (Å²) >= 11 is 0. The van der Waals surface area contributed by atoms with E-state index >= 15 is 0 Å². The van der Waals surface area contributed by atoms with E-state index in [9.17, 15) is 0 Å². The van der Waals surface area contributed by atoms with Crippen molar-refractivity contribution in [3.63, 3.8) is 0 Å². The Morgan fingerprint density at radius 3 is 2.21 bits per heavy atom. The Morgan fingerprint density at radius 1 is 1.11 bits per heavy atom. The van der Waals surface area contributed by atoms with Crippen molar-refractivity contribution in [1.82, 2.24) is 4.90 Å². The van der Waals surface area contributed by atoms with E-state index in [1.807, 2.05) is 0 Å². The molecule has 0 radical (unpaired) electrons. The summed E-state index contributed by atoms with van der Waals surface area (Å²) in [7, 11) is 0. The third kappa shape index (κ3) is 6.27. The Balaban J connectivity index is 2.49. The van der Waals surface area contributed by atoms with Crippen molar-refractivity contribution in [2.75, 3.05) is 19.6 Å². The average Bonchev–Trinajstić information content (AvgIpc) is 2.36. The van der Waals surface area contributed by atoms with Gasteiger partial charge in [0.1, 0.15) is 0 Å². The van der Waals surface area contributed by atoms with Gasteiger partial charge < -0.3 is 10.6 Å². The van der Waals surface area contributed by atoms with E-state index in [4.69, 9.17) is 5.73 Å². The molecule has 0 amide bonds. The van der Waals surface area contributed by atoms with Gasteiger partial charge in [0.25, 0.3) is 0 Å². The van der Waals surface area contributed by atoms with Crippen LogP contribution in [0.25, 0.3) is 0 Å². The fourth-order valence-corrected chi connectivity index (χ4v) is 3.35. The standard InChI is InChI=1S/C17H36N2/c1-5-7-11-19(12-8-6-2)14-15-13-17(3,4)10-9-16(15)18/h15-16H,5-14,18H2,1-4H3. The predicted molar refractivity (Wildman–Crippen MR) is 85.4 cm³/mol. The van der Waals surface area contributed by atoms with Gasteiger partial charge in [-0.15, -0.1) is 0 Å². The maximum absolute atomic E-state index is 6.38. The molecule has 0 saturated heterocycles. The van der Waals surface area contributed by atoms with E-state index in [0.717, 1.165) is 0 Å². The summed E-state index contributed by atoms with van der Waals surface area (Å²) in [6.45, 7) is 13.1.